The van der Waals surface area contributed by atoms with Gasteiger partial charge in [-0.05, 0) is 12.1 Å². The van der Waals surface area contributed by atoms with Gasteiger partial charge in [0.15, 0.2) is 6.29 Å². The van der Waals surface area contributed by atoms with E-state index in [2.05, 4.69) is 20.0 Å². The Morgan fingerprint density at radius 2 is 1.47 bits per heavy atom. The maximum atomic E-state index is 10.3. The molecular formula is C11H8CrO5. The predicted molar refractivity (Wildman–Crippen MR) is 50.2 cm³/mol. The predicted octanol–water partition coefficient (Wildman–Crippen LogP) is 1.39. The number of benzene rings is 1. The van der Waals surface area contributed by atoms with Crippen LogP contribution in [0, 0.1) is 20.0 Å². The number of hydrogen-bond donors (Lipinski definition) is 0. The van der Waals surface area contributed by atoms with E-state index in [-0.39, 0.29) is 17.4 Å². The van der Waals surface area contributed by atoms with Crippen LogP contribution in [0.1, 0.15) is 10.4 Å². The number of aldehydes is 1. The second kappa shape index (κ2) is 23.9. The van der Waals surface area contributed by atoms with Gasteiger partial charge in [-0.15, -0.1) is 0 Å². The third-order valence-electron chi connectivity index (χ3n) is 1.27. The Balaban J connectivity index is -0.000000106. The van der Waals surface area contributed by atoms with Crippen LogP contribution in [-0.2, 0) is 31.3 Å². The number of ether oxygens (including phenoxy) is 1. The first kappa shape index (κ1) is 24.6. The number of carbonyl (C=O) groups excluding carboxylic acids is 1. The van der Waals surface area contributed by atoms with Crippen molar-refractivity contribution in [3.8, 4) is 5.75 Å². The summed E-state index contributed by atoms with van der Waals surface area (Å²) in [5.41, 5.74) is 0.588. The Kier molecular flexibility index (Phi) is 34.6. The van der Waals surface area contributed by atoms with Gasteiger partial charge in [-0.2, -0.15) is 0 Å². The first-order valence-electron chi connectivity index (χ1n) is 3.58. The Morgan fingerprint density at radius 1 is 1.06 bits per heavy atom. The Bertz CT molecular complexity index is 329. The summed E-state index contributed by atoms with van der Waals surface area (Å²) < 4.78 is 27.4. The maximum Gasteiger partial charge on any atom is 0 e. The molecule has 0 aliphatic carbocycles. The standard InChI is InChI=1S/C8H8O2.3CO.Cr/c1-10-8-5-3-2-4-7(8)6-9;3*1-2;/h2-6H,1H3;;;;. The van der Waals surface area contributed by atoms with Crippen LogP contribution in [0.5, 0.6) is 5.75 Å². The van der Waals surface area contributed by atoms with Crippen molar-refractivity contribution in [3.63, 3.8) is 0 Å². The molecule has 1 aromatic rings. The van der Waals surface area contributed by atoms with E-state index >= 15 is 0 Å². The average molecular weight is 272 g/mol. The molecule has 0 aliphatic heterocycles. The molecule has 0 saturated carbocycles. The zero-order valence-corrected chi connectivity index (χ0v) is 10.1. The molecule has 0 amide bonds. The topological polar surface area (TPSA) is 86.0 Å². The van der Waals surface area contributed by atoms with Crippen molar-refractivity contribution in [3.05, 3.63) is 49.8 Å². The van der Waals surface area contributed by atoms with Gasteiger partial charge >= 0.3 is 33.9 Å². The van der Waals surface area contributed by atoms with Crippen LogP contribution in [-0.4, -0.2) is 13.4 Å². The van der Waals surface area contributed by atoms with Crippen molar-refractivity contribution in [2.24, 2.45) is 0 Å². The summed E-state index contributed by atoms with van der Waals surface area (Å²) in [4.78, 5) is 10.3. The second-order valence-electron chi connectivity index (χ2n) is 1.86. The molecule has 0 radical (unpaired) electrons. The molecule has 0 aromatic heterocycles. The second-order valence-corrected chi connectivity index (χ2v) is 1.86. The van der Waals surface area contributed by atoms with Gasteiger partial charge in [0.05, 0.1) is 12.7 Å². The fraction of sp³-hybridized carbons (Fsp3) is 0.0909. The third-order valence-corrected chi connectivity index (χ3v) is 1.27. The minimum Gasteiger partial charge on any atom is 0 e. The Hall–Kier alpha value is -1.56. The summed E-state index contributed by atoms with van der Waals surface area (Å²) in [5, 5.41) is 0. The molecule has 17 heavy (non-hydrogen) atoms. The van der Waals surface area contributed by atoms with Crippen molar-refractivity contribution in [2.45, 2.75) is 0 Å². The molecular weight excluding hydrogens is 264 g/mol. The minimum absolute atomic E-state index is 0. The molecule has 1 rings (SSSR count). The molecule has 0 spiro atoms. The minimum atomic E-state index is 0. The van der Waals surface area contributed by atoms with Crippen molar-refractivity contribution in [2.75, 3.05) is 7.11 Å². The summed E-state index contributed by atoms with van der Waals surface area (Å²) in [7, 11) is 1.54. The SMILES string of the molecule is COc1ccccc1C=O.[C-]#[O+].[C-]#[O+].[C-]#[O+].[Cr]. The van der Waals surface area contributed by atoms with Gasteiger partial charge in [-0.1, -0.05) is 12.1 Å². The van der Waals surface area contributed by atoms with Gasteiger partial charge in [0.1, 0.15) is 5.75 Å². The van der Waals surface area contributed by atoms with E-state index in [1.54, 1.807) is 25.3 Å². The summed E-state index contributed by atoms with van der Waals surface area (Å²) >= 11 is 0. The molecule has 0 fully saturated rings. The summed E-state index contributed by atoms with van der Waals surface area (Å²) in [5.74, 6) is 0.623. The quantitative estimate of drug-likeness (QED) is 0.463. The molecule has 6 heteroatoms. The largest absolute Gasteiger partial charge is 0 e. The van der Waals surface area contributed by atoms with Crippen LogP contribution < -0.4 is 4.74 Å². The van der Waals surface area contributed by atoms with E-state index in [4.69, 9.17) is 18.7 Å². The van der Waals surface area contributed by atoms with Crippen LogP contribution in [0.3, 0.4) is 0 Å². The summed E-state index contributed by atoms with van der Waals surface area (Å²) in [6, 6.07) is 7.09. The first-order valence-corrected chi connectivity index (χ1v) is 3.58. The van der Waals surface area contributed by atoms with Crippen molar-refractivity contribution < 1.29 is 40.8 Å². The molecule has 5 nitrogen and oxygen atoms in total. The van der Waals surface area contributed by atoms with Crippen molar-refractivity contribution in [1.29, 1.82) is 0 Å². The Morgan fingerprint density at radius 3 is 1.76 bits per heavy atom. The molecule has 88 valence electrons. The molecule has 0 atom stereocenters. The van der Waals surface area contributed by atoms with Crippen molar-refractivity contribution in [1.82, 2.24) is 0 Å². The van der Waals surface area contributed by atoms with Gasteiger partial charge in [0.25, 0.3) is 0 Å². The Labute approximate surface area is 110 Å². The normalized spacial score (nSPS) is 5.59. The van der Waals surface area contributed by atoms with E-state index in [1.807, 2.05) is 6.07 Å². The zero-order valence-electron chi connectivity index (χ0n) is 8.84. The van der Waals surface area contributed by atoms with E-state index in [0.717, 1.165) is 6.29 Å². The molecule has 0 N–H and O–H groups in total. The van der Waals surface area contributed by atoms with Gasteiger partial charge < -0.3 is 4.74 Å². The molecule has 0 bridgehead atoms. The zero-order chi connectivity index (χ0) is 13.4. The third kappa shape index (κ3) is 12.4. The van der Waals surface area contributed by atoms with E-state index in [1.165, 1.54) is 0 Å². The summed E-state index contributed by atoms with van der Waals surface area (Å²) in [6.45, 7) is 13.5. The van der Waals surface area contributed by atoms with Crippen LogP contribution in [0.4, 0.5) is 0 Å². The van der Waals surface area contributed by atoms with E-state index in [0.29, 0.717) is 11.3 Å². The van der Waals surface area contributed by atoms with Crippen LogP contribution >= 0.6 is 0 Å². The number of methoxy groups -OCH3 is 1. The van der Waals surface area contributed by atoms with Gasteiger partial charge in [-0.3, -0.25) is 4.79 Å². The average Bonchev–Trinajstić information content (AvgIpc) is 2.45. The molecule has 0 aliphatic rings. The van der Waals surface area contributed by atoms with E-state index in [9.17, 15) is 4.79 Å². The van der Waals surface area contributed by atoms with Gasteiger partial charge in [-0.25, -0.2) is 0 Å². The van der Waals surface area contributed by atoms with Gasteiger partial charge in [0, 0.05) is 17.4 Å². The number of hydrogen-bond acceptors (Lipinski definition) is 2. The monoisotopic (exact) mass is 272 g/mol. The fourth-order valence-electron chi connectivity index (χ4n) is 0.764. The molecule has 0 heterocycles. The molecule has 0 unspecified atom stereocenters. The number of para-hydroxylation sites is 1. The van der Waals surface area contributed by atoms with Crippen LogP contribution in [0.25, 0.3) is 0 Å². The maximum absolute atomic E-state index is 10.3. The molecule has 1 aromatic carbocycles. The smallest absolute Gasteiger partial charge is 0 e. The van der Waals surface area contributed by atoms with Crippen LogP contribution in [0.15, 0.2) is 24.3 Å². The van der Waals surface area contributed by atoms with Gasteiger partial charge in [0.2, 0.25) is 0 Å². The van der Waals surface area contributed by atoms with E-state index < -0.39 is 0 Å². The first-order chi connectivity index (χ1) is 7.88. The van der Waals surface area contributed by atoms with Crippen LogP contribution in [0.2, 0.25) is 0 Å². The fourth-order valence-corrected chi connectivity index (χ4v) is 0.764. The number of rotatable bonds is 2. The number of carbonyl (C=O) groups is 1. The molecule has 0 saturated heterocycles. The summed E-state index contributed by atoms with van der Waals surface area (Å²) in [6.07, 6.45) is 0.777. The van der Waals surface area contributed by atoms with Crippen molar-refractivity contribution >= 4 is 6.29 Å².